The first-order valence-corrected chi connectivity index (χ1v) is 7.60. The summed E-state index contributed by atoms with van der Waals surface area (Å²) in [4.78, 5) is 12.2. The molecule has 0 unspecified atom stereocenters. The van der Waals surface area contributed by atoms with E-state index in [0.29, 0.717) is 29.4 Å². The lowest BCUT2D eigenvalue weighted by Crippen LogP contribution is -2.22. The van der Waals surface area contributed by atoms with E-state index in [0.717, 1.165) is 10.0 Å². The fourth-order valence-corrected chi connectivity index (χ4v) is 2.40. The lowest BCUT2D eigenvalue weighted by Gasteiger charge is -2.01. The van der Waals surface area contributed by atoms with E-state index in [2.05, 4.69) is 21.2 Å². The fraction of sp³-hybridized carbons (Fsp3) is 0.118. The molecule has 3 aromatic rings. The van der Waals surface area contributed by atoms with Crippen LogP contribution in [0.3, 0.4) is 0 Å². The first kappa shape index (κ1) is 14.7. The molecule has 0 atom stereocenters. The van der Waals surface area contributed by atoms with E-state index < -0.39 is 0 Å². The van der Waals surface area contributed by atoms with Crippen molar-refractivity contribution < 1.29 is 13.6 Å². The second kappa shape index (κ2) is 6.23. The molecule has 0 aliphatic carbocycles. The van der Waals surface area contributed by atoms with Crippen molar-refractivity contribution in [1.82, 2.24) is 5.32 Å². The Labute approximate surface area is 136 Å². The Kier molecular flexibility index (Phi) is 4.15. The first-order chi connectivity index (χ1) is 10.6. The number of aryl methyl sites for hydroxylation is 1. The molecule has 22 heavy (non-hydrogen) atoms. The van der Waals surface area contributed by atoms with Crippen LogP contribution in [0, 0.1) is 6.92 Å². The number of hydrogen-bond acceptors (Lipinski definition) is 3. The van der Waals surface area contributed by atoms with Crippen molar-refractivity contribution in [3.63, 3.8) is 0 Å². The zero-order chi connectivity index (χ0) is 15.5. The minimum atomic E-state index is -0.180. The summed E-state index contributed by atoms with van der Waals surface area (Å²) in [5.41, 5.74) is 1.46. The molecule has 5 heteroatoms. The molecule has 2 heterocycles. The van der Waals surface area contributed by atoms with Crippen molar-refractivity contribution >= 4 is 21.8 Å². The molecule has 1 N–H and O–H groups in total. The van der Waals surface area contributed by atoms with Gasteiger partial charge in [0.05, 0.1) is 18.4 Å². The van der Waals surface area contributed by atoms with Crippen molar-refractivity contribution in [2.24, 2.45) is 0 Å². The Morgan fingerprint density at radius 3 is 2.68 bits per heavy atom. The summed E-state index contributed by atoms with van der Waals surface area (Å²) in [5, 5.41) is 2.82. The number of hydrogen-bond donors (Lipinski definition) is 1. The zero-order valence-electron chi connectivity index (χ0n) is 11.9. The highest BCUT2D eigenvalue weighted by Gasteiger charge is 2.16. The summed E-state index contributed by atoms with van der Waals surface area (Å²) < 4.78 is 11.9. The van der Waals surface area contributed by atoms with Crippen LogP contribution in [0.4, 0.5) is 0 Å². The Morgan fingerprint density at radius 2 is 2.00 bits per heavy atom. The van der Waals surface area contributed by atoms with Gasteiger partial charge in [-0.05, 0) is 37.3 Å². The number of furan rings is 2. The Balaban J connectivity index is 1.76. The summed E-state index contributed by atoms with van der Waals surface area (Å²) in [7, 11) is 0. The van der Waals surface area contributed by atoms with Crippen LogP contribution in [0.5, 0.6) is 0 Å². The van der Waals surface area contributed by atoms with Gasteiger partial charge in [0.15, 0.2) is 0 Å². The molecule has 112 valence electrons. The molecule has 0 saturated carbocycles. The van der Waals surface area contributed by atoms with Gasteiger partial charge in [-0.2, -0.15) is 0 Å². The Morgan fingerprint density at radius 1 is 1.23 bits per heavy atom. The van der Waals surface area contributed by atoms with E-state index in [1.807, 2.05) is 30.3 Å². The number of amides is 1. The minimum Gasteiger partial charge on any atom is -0.467 e. The Hall–Kier alpha value is -2.27. The van der Waals surface area contributed by atoms with E-state index in [4.69, 9.17) is 8.83 Å². The molecule has 0 radical (unpaired) electrons. The number of halogens is 1. The number of rotatable bonds is 4. The molecule has 2 aromatic heterocycles. The van der Waals surface area contributed by atoms with Crippen molar-refractivity contribution in [1.29, 1.82) is 0 Å². The molecule has 4 nitrogen and oxygen atoms in total. The van der Waals surface area contributed by atoms with Crippen LogP contribution in [-0.2, 0) is 6.54 Å². The normalized spacial score (nSPS) is 10.6. The third kappa shape index (κ3) is 3.14. The van der Waals surface area contributed by atoms with Crippen LogP contribution in [-0.4, -0.2) is 5.91 Å². The fourth-order valence-electron chi connectivity index (χ4n) is 2.14. The summed E-state index contributed by atoms with van der Waals surface area (Å²) in [6.45, 7) is 2.13. The molecule has 0 spiro atoms. The predicted molar refractivity (Wildman–Crippen MR) is 86.5 cm³/mol. The molecular weight excluding hydrogens is 346 g/mol. The van der Waals surface area contributed by atoms with Gasteiger partial charge in [-0.3, -0.25) is 4.79 Å². The SMILES string of the molecule is Cc1oc(-c2ccc(Br)cc2)cc1C(=O)NCc1ccco1. The second-order valence-corrected chi connectivity index (χ2v) is 5.77. The van der Waals surface area contributed by atoms with Crippen molar-refractivity contribution in [2.75, 3.05) is 0 Å². The summed E-state index contributed by atoms with van der Waals surface area (Å²) in [6, 6.07) is 13.1. The minimum absolute atomic E-state index is 0.180. The molecule has 3 rings (SSSR count). The van der Waals surface area contributed by atoms with Gasteiger partial charge in [0.1, 0.15) is 17.3 Å². The van der Waals surface area contributed by atoms with Gasteiger partial charge in [0, 0.05) is 10.0 Å². The highest BCUT2D eigenvalue weighted by atomic mass is 79.9. The van der Waals surface area contributed by atoms with Gasteiger partial charge in [0.2, 0.25) is 0 Å². The molecule has 0 bridgehead atoms. The average Bonchev–Trinajstić information content (AvgIpc) is 3.15. The topological polar surface area (TPSA) is 55.4 Å². The second-order valence-electron chi connectivity index (χ2n) is 4.85. The number of carbonyl (C=O) groups is 1. The third-order valence-corrected chi connectivity index (χ3v) is 3.82. The average molecular weight is 360 g/mol. The molecular formula is C17H14BrNO3. The largest absolute Gasteiger partial charge is 0.467 e. The standard InChI is InChI=1S/C17H14BrNO3/c1-11-15(17(20)19-10-14-3-2-8-21-14)9-16(22-11)12-4-6-13(18)7-5-12/h2-9H,10H2,1H3,(H,19,20). The monoisotopic (exact) mass is 359 g/mol. The Bertz CT molecular complexity index is 773. The maximum absolute atomic E-state index is 12.2. The first-order valence-electron chi connectivity index (χ1n) is 6.80. The smallest absolute Gasteiger partial charge is 0.255 e. The van der Waals surface area contributed by atoms with Gasteiger partial charge in [0.25, 0.3) is 5.91 Å². The van der Waals surface area contributed by atoms with Gasteiger partial charge in [-0.25, -0.2) is 0 Å². The molecule has 0 aliphatic heterocycles. The number of carbonyl (C=O) groups excluding carboxylic acids is 1. The maximum Gasteiger partial charge on any atom is 0.255 e. The molecule has 0 saturated heterocycles. The molecule has 1 amide bonds. The van der Waals surface area contributed by atoms with E-state index in [-0.39, 0.29) is 5.91 Å². The number of benzene rings is 1. The molecule has 0 fully saturated rings. The van der Waals surface area contributed by atoms with E-state index in [1.54, 1.807) is 25.3 Å². The lowest BCUT2D eigenvalue weighted by molar-refractivity contribution is 0.0946. The molecule has 0 aliphatic rings. The summed E-state index contributed by atoms with van der Waals surface area (Å²) >= 11 is 3.40. The summed E-state index contributed by atoms with van der Waals surface area (Å²) in [6.07, 6.45) is 1.58. The van der Waals surface area contributed by atoms with Crippen LogP contribution >= 0.6 is 15.9 Å². The van der Waals surface area contributed by atoms with Gasteiger partial charge in [-0.15, -0.1) is 0 Å². The van der Waals surface area contributed by atoms with Gasteiger partial charge < -0.3 is 14.2 Å². The van der Waals surface area contributed by atoms with Crippen LogP contribution < -0.4 is 5.32 Å². The predicted octanol–water partition coefficient (Wildman–Crippen LogP) is 4.54. The van der Waals surface area contributed by atoms with Crippen LogP contribution in [0.2, 0.25) is 0 Å². The van der Waals surface area contributed by atoms with E-state index >= 15 is 0 Å². The van der Waals surface area contributed by atoms with Crippen molar-refractivity contribution in [2.45, 2.75) is 13.5 Å². The maximum atomic E-state index is 12.2. The highest BCUT2D eigenvalue weighted by molar-refractivity contribution is 9.10. The quantitative estimate of drug-likeness (QED) is 0.743. The van der Waals surface area contributed by atoms with Crippen LogP contribution in [0.1, 0.15) is 21.9 Å². The van der Waals surface area contributed by atoms with Crippen molar-refractivity contribution in [3.05, 3.63) is 70.3 Å². The van der Waals surface area contributed by atoms with Crippen LogP contribution in [0.15, 0.2) is 62.0 Å². The van der Waals surface area contributed by atoms with E-state index in [9.17, 15) is 4.79 Å². The van der Waals surface area contributed by atoms with E-state index in [1.165, 1.54) is 0 Å². The van der Waals surface area contributed by atoms with Crippen molar-refractivity contribution in [3.8, 4) is 11.3 Å². The number of nitrogens with one attached hydrogen (secondary N) is 1. The summed E-state index contributed by atoms with van der Waals surface area (Å²) in [5.74, 6) is 1.80. The van der Waals surface area contributed by atoms with Gasteiger partial charge >= 0.3 is 0 Å². The lowest BCUT2D eigenvalue weighted by atomic mass is 10.1. The van der Waals surface area contributed by atoms with Crippen LogP contribution in [0.25, 0.3) is 11.3 Å². The third-order valence-electron chi connectivity index (χ3n) is 3.29. The van der Waals surface area contributed by atoms with Gasteiger partial charge in [-0.1, -0.05) is 28.1 Å². The highest BCUT2D eigenvalue weighted by Crippen LogP contribution is 2.26. The zero-order valence-corrected chi connectivity index (χ0v) is 13.5. The molecule has 1 aromatic carbocycles.